The Balaban J connectivity index is 1.61. The summed E-state index contributed by atoms with van der Waals surface area (Å²) >= 11 is 13.7. The molecule has 4 rings (SSSR count). The van der Waals surface area contributed by atoms with E-state index < -0.39 is 5.97 Å². The van der Waals surface area contributed by atoms with Gasteiger partial charge in [0.05, 0.1) is 16.2 Å². The zero-order valence-electron chi connectivity index (χ0n) is 18.6. The first-order valence-corrected chi connectivity index (χ1v) is 12.2. The molecule has 1 saturated heterocycles. The Labute approximate surface area is 216 Å². The number of rotatable bonds is 7. The Kier molecular flexibility index (Phi) is 7.80. The topological polar surface area (TPSA) is 79.2 Å². The first kappa shape index (κ1) is 24.9. The van der Waals surface area contributed by atoms with Crippen molar-refractivity contribution in [3.05, 3.63) is 98.4 Å². The van der Waals surface area contributed by atoms with Crippen LogP contribution in [0, 0.1) is 0 Å². The van der Waals surface area contributed by atoms with Crippen molar-refractivity contribution in [1.29, 1.82) is 0 Å². The summed E-state index contributed by atoms with van der Waals surface area (Å²) in [6.07, 6.45) is 1.74. The van der Waals surface area contributed by atoms with Crippen LogP contribution in [-0.4, -0.2) is 33.6 Å². The number of thioether (sulfide) groups is 1. The number of aliphatic imine (C=N–C) groups is 1. The van der Waals surface area contributed by atoms with E-state index in [0.717, 1.165) is 5.56 Å². The van der Waals surface area contributed by atoms with E-state index in [9.17, 15) is 9.59 Å². The smallest absolute Gasteiger partial charge is 0.335 e. The third kappa shape index (κ3) is 5.88. The monoisotopic (exact) mass is 526 g/mol. The summed E-state index contributed by atoms with van der Waals surface area (Å²) in [6, 6.07) is 18.8. The van der Waals surface area contributed by atoms with Gasteiger partial charge in [-0.05, 0) is 73.3 Å². The average Bonchev–Trinajstić information content (AvgIpc) is 3.13. The van der Waals surface area contributed by atoms with Crippen molar-refractivity contribution in [2.45, 2.75) is 13.5 Å². The highest BCUT2D eigenvalue weighted by Gasteiger charge is 2.32. The maximum absolute atomic E-state index is 13.1. The van der Waals surface area contributed by atoms with E-state index in [2.05, 4.69) is 4.99 Å². The Bertz CT molecular complexity index is 1340. The van der Waals surface area contributed by atoms with Gasteiger partial charge in [0.2, 0.25) is 0 Å². The summed E-state index contributed by atoms with van der Waals surface area (Å²) in [4.78, 5) is 30.8. The fourth-order valence-corrected chi connectivity index (χ4v) is 4.76. The fraction of sp³-hybridized carbons (Fsp3) is 0.115. The summed E-state index contributed by atoms with van der Waals surface area (Å²) in [5, 5.41) is 10.7. The molecule has 1 fully saturated rings. The van der Waals surface area contributed by atoms with Crippen molar-refractivity contribution in [1.82, 2.24) is 4.90 Å². The Morgan fingerprint density at radius 2 is 1.86 bits per heavy atom. The highest BCUT2D eigenvalue weighted by atomic mass is 35.5. The van der Waals surface area contributed by atoms with E-state index in [1.54, 1.807) is 47.4 Å². The molecule has 1 aliphatic rings. The molecule has 0 aliphatic carbocycles. The summed E-state index contributed by atoms with van der Waals surface area (Å²) in [5.74, 6) is -0.632. The van der Waals surface area contributed by atoms with Crippen molar-refractivity contribution in [3.8, 4) is 5.75 Å². The first-order valence-electron chi connectivity index (χ1n) is 10.6. The minimum atomic E-state index is -1.01. The molecule has 1 heterocycles. The zero-order chi connectivity index (χ0) is 24.9. The van der Waals surface area contributed by atoms with Crippen LogP contribution in [0.3, 0.4) is 0 Å². The van der Waals surface area contributed by atoms with Gasteiger partial charge in [0.25, 0.3) is 5.91 Å². The highest BCUT2D eigenvalue weighted by Crippen LogP contribution is 2.36. The lowest BCUT2D eigenvalue weighted by Crippen LogP contribution is -2.28. The highest BCUT2D eigenvalue weighted by molar-refractivity contribution is 8.18. The lowest BCUT2D eigenvalue weighted by atomic mass is 10.1. The van der Waals surface area contributed by atoms with Gasteiger partial charge in [0.15, 0.2) is 5.17 Å². The van der Waals surface area contributed by atoms with Gasteiger partial charge in [-0.15, -0.1) is 0 Å². The fourth-order valence-electron chi connectivity index (χ4n) is 3.33. The van der Waals surface area contributed by atoms with Crippen LogP contribution in [-0.2, 0) is 11.4 Å². The van der Waals surface area contributed by atoms with Crippen molar-refractivity contribution in [2.75, 3.05) is 6.54 Å². The predicted molar refractivity (Wildman–Crippen MR) is 141 cm³/mol. The third-order valence-electron chi connectivity index (χ3n) is 5.14. The molecule has 0 bridgehead atoms. The van der Waals surface area contributed by atoms with Crippen molar-refractivity contribution >= 4 is 63.8 Å². The van der Waals surface area contributed by atoms with Gasteiger partial charge < -0.3 is 9.84 Å². The predicted octanol–water partition coefficient (Wildman–Crippen LogP) is 6.89. The number of ether oxygens (including phenoxy) is 1. The standard InChI is InChI=1S/C26H20Cl2N2O4S/c1-2-30-24(31)23(35-26(30)29-20-10-7-16(8-11-20)25(32)33)14-18-13-19(27)9-12-22(18)34-15-17-5-3-4-6-21(17)28/h3-14H,2,15H2,1H3,(H,32,33)/b23-14+,29-26?. The Hall–Kier alpha value is -3.26. The number of nitrogens with zero attached hydrogens (tertiary/aromatic N) is 2. The number of amides is 1. The van der Waals surface area contributed by atoms with Gasteiger partial charge in [0.1, 0.15) is 12.4 Å². The minimum Gasteiger partial charge on any atom is -0.488 e. The molecule has 0 saturated carbocycles. The van der Waals surface area contributed by atoms with E-state index in [-0.39, 0.29) is 18.1 Å². The lowest BCUT2D eigenvalue weighted by Gasteiger charge is -2.12. The van der Waals surface area contributed by atoms with Gasteiger partial charge in [-0.1, -0.05) is 41.4 Å². The molecule has 35 heavy (non-hydrogen) atoms. The number of carboxylic acids is 1. The number of amidine groups is 1. The Morgan fingerprint density at radius 3 is 2.54 bits per heavy atom. The molecule has 0 radical (unpaired) electrons. The van der Waals surface area contributed by atoms with Crippen LogP contribution in [0.15, 0.2) is 76.6 Å². The van der Waals surface area contributed by atoms with Crippen LogP contribution in [0.1, 0.15) is 28.4 Å². The first-order chi connectivity index (χ1) is 16.9. The number of hydrogen-bond donors (Lipinski definition) is 1. The lowest BCUT2D eigenvalue weighted by molar-refractivity contribution is -0.122. The molecule has 6 nitrogen and oxygen atoms in total. The average molecular weight is 527 g/mol. The molecule has 1 amide bonds. The number of halogens is 2. The summed E-state index contributed by atoms with van der Waals surface area (Å²) < 4.78 is 6.01. The SMILES string of the molecule is CCN1C(=O)/C(=C\c2cc(Cl)ccc2OCc2ccccc2Cl)SC1=Nc1ccc(C(=O)O)cc1. The molecule has 0 unspecified atom stereocenters. The second-order valence-electron chi connectivity index (χ2n) is 7.47. The molecule has 1 N–H and O–H groups in total. The molecule has 0 atom stereocenters. The molecule has 178 valence electrons. The van der Waals surface area contributed by atoms with Gasteiger partial charge in [-0.3, -0.25) is 9.69 Å². The van der Waals surface area contributed by atoms with Crippen LogP contribution in [0.5, 0.6) is 5.75 Å². The van der Waals surface area contributed by atoms with Crippen LogP contribution in [0.25, 0.3) is 6.08 Å². The number of carbonyl (C=O) groups is 2. The second-order valence-corrected chi connectivity index (χ2v) is 9.32. The quantitative estimate of drug-likeness (QED) is 0.339. The number of carbonyl (C=O) groups excluding carboxylic acids is 1. The van der Waals surface area contributed by atoms with Crippen molar-refractivity contribution in [2.24, 2.45) is 4.99 Å². The van der Waals surface area contributed by atoms with Gasteiger partial charge in [-0.2, -0.15) is 0 Å². The second kappa shape index (κ2) is 11.0. The zero-order valence-corrected chi connectivity index (χ0v) is 20.9. The van der Waals surface area contributed by atoms with E-state index in [1.165, 1.54) is 23.9 Å². The van der Waals surface area contributed by atoms with Crippen LogP contribution in [0.2, 0.25) is 10.0 Å². The molecular weight excluding hydrogens is 507 g/mol. The van der Waals surface area contributed by atoms with E-state index in [4.69, 9.17) is 33.0 Å². The van der Waals surface area contributed by atoms with E-state index >= 15 is 0 Å². The normalized spacial score (nSPS) is 15.7. The van der Waals surface area contributed by atoms with E-state index in [1.807, 2.05) is 25.1 Å². The molecule has 9 heteroatoms. The van der Waals surface area contributed by atoms with Crippen molar-refractivity contribution in [3.63, 3.8) is 0 Å². The van der Waals surface area contributed by atoms with Crippen molar-refractivity contribution < 1.29 is 19.4 Å². The number of hydrogen-bond acceptors (Lipinski definition) is 5. The number of aromatic carboxylic acids is 1. The molecule has 3 aromatic carbocycles. The molecule has 0 aromatic heterocycles. The molecule has 1 aliphatic heterocycles. The summed E-state index contributed by atoms with van der Waals surface area (Å²) in [7, 11) is 0. The van der Waals surface area contributed by atoms with Gasteiger partial charge in [0, 0.05) is 27.7 Å². The van der Waals surface area contributed by atoms with Crippen LogP contribution in [0.4, 0.5) is 5.69 Å². The van der Waals surface area contributed by atoms with Gasteiger partial charge >= 0.3 is 5.97 Å². The molecule has 3 aromatic rings. The van der Waals surface area contributed by atoms with Crippen LogP contribution >= 0.6 is 35.0 Å². The molecular formula is C26H20Cl2N2O4S. The Morgan fingerprint density at radius 1 is 1.11 bits per heavy atom. The maximum Gasteiger partial charge on any atom is 0.335 e. The number of carboxylic acid groups (broad SMARTS) is 1. The number of benzene rings is 3. The van der Waals surface area contributed by atoms with E-state index in [0.29, 0.717) is 43.7 Å². The van der Waals surface area contributed by atoms with Crippen LogP contribution < -0.4 is 4.74 Å². The summed E-state index contributed by atoms with van der Waals surface area (Å²) in [5.41, 5.74) is 2.22. The minimum absolute atomic E-state index is 0.169. The largest absolute Gasteiger partial charge is 0.488 e. The third-order valence-corrected chi connectivity index (χ3v) is 6.75. The van der Waals surface area contributed by atoms with Gasteiger partial charge in [-0.25, -0.2) is 9.79 Å². The maximum atomic E-state index is 13.1. The number of likely N-dealkylation sites (N-methyl/N-ethyl adjacent to an activating group) is 1. The summed E-state index contributed by atoms with van der Waals surface area (Å²) in [6.45, 7) is 2.56. The molecule has 0 spiro atoms.